The maximum Gasteiger partial charge on any atom is 0.410 e. The first-order valence-electron chi connectivity index (χ1n) is 14.9. The largest absolute Gasteiger partial charge is 0.489 e. The third kappa shape index (κ3) is 7.60. The van der Waals surface area contributed by atoms with Crippen LogP contribution in [0.1, 0.15) is 53.0 Å². The van der Waals surface area contributed by atoms with Gasteiger partial charge in [-0.15, -0.1) is 0 Å². The van der Waals surface area contributed by atoms with Gasteiger partial charge >= 0.3 is 6.09 Å². The van der Waals surface area contributed by atoms with Gasteiger partial charge in [0.05, 0.1) is 44.8 Å². The molecule has 3 aromatic rings. The lowest BCUT2D eigenvalue weighted by atomic mass is 10.1. The van der Waals surface area contributed by atoms with E-state index in [2.05, 4.69) is 16.1 Å². The first-order valence-corrected chi connectivity index (χ1v) is 16.7. The minimum absolute atomic E-state index is 0.0213. The standard InChI is InChI=1S/C31H41N7O5S/c1-30(2,3)43-29(39)37-10-8-24(9-11-37)35-44(41)14-12-36(13-15-44)27-7-6-22(18-33-27)26-16-25(42-21-31(4,5)40)20-38-28(26)23(17-32)19-34-38/h6-7,16,18-20,24,40H,8-15,21H2,1-5H3. The normalized spacial score (nSPS) is 17.8. The molecule has 2 saturated heterocycles. The maximum absolute atomic E-state index is 13.6. The molecule has 0 radical (unpaired) electrons. The number of aliphatic hydroxyl groups is 1. The van der Waals surface area contributed by atoms with E-state index in [0.29, 0.717) is 67.4 Å². The minimum Gasteiger partial charge on any atom is -0.489 e. The molecule has 44 heavy (non-hydrogen) atoms. The summed E-state index contributed by atoms with van der Waals surface area (Å²) in [5.74, 6) is 2.22. The molecule has 0 atom stereocenters. The number of likely N-dealkylation sites (tertiary alicyclic amines) is 1. The molecule has 13 heteroatoms. The van der Waals surface area contributed by atoms with Crippen LogP contribution < -0.4 is 9.64 Å². The Balaban J connectivity index is 1.25. The zero-order chi connectivity index (χ0) is 31.7. The van der Waals surface area contributed by atoms with Gasteiger partial charge in [-0.3, -0.25) is 0 Å². The van der Waals surface area contributed by atoms with E-state index in [1.165, 1.54) is 6.20 Å². The fourth-order valence-corrected chi connectivity index (χ4v) is 7.46. The Morgan fingerprint density at radius 1 is 1.14 bits per heavy atom. The number of piperidine rings is 1. The van der Waals surface area contributed by atoms with Crippen LogP contribution in [0.15, 0.2) is 41.2 Å². The highest BCUT2D eigenvalue weighted by Crippen LogP contribution is 2.32. The topological polar surface area (TPSA) is 146 Å². The number of aromatic nitrogens is 3. The van der Waals surface area contributed by atoms with E-state index in [1.54, 1.807) is 35.7 Å². The van der Waals surface area contributed by atoms with Crippen LogP contribution in [-0.2, 0) is 14.5 Å². The minimum atomic E-state index is -2.35. The third-order valence-corrected chi connectivity index (χ3v) is 9.82. The van der Waals surface area contributed by atoms with Crippen LogP contribution in [0.25, 0.3) is 16.6 Å². The van der Waals surface area contributed by atoms with Crippen molar-refractivity contribution in [3.63, 3.8) is 0 Å². The Kier molecular flexibility index (Phi) is 8.77. The van der Waals surface area contributed by atoms with E-state index in [4.69, 9.17) is 18.8 Å². The second-order valence-electron chi connectivity index (χ2n) is 13.0. The van der Waals surface area contributed by atoms with E-state index < -0.39 is 20.9 Å². The van der Waals surface area contributed by atoms with Crippen molar-refractivity contribution < 1.29 is 23.6 Å². The number of rotatable bonds is 6. The summed E-state index contributed by atoms with van der Waals surface area (Å²) >= 11 is 0. The smallest absolute Gasteiger partial charge is 0.410 e. The van der Waals surface area contributed by atoms with E-state index in [9.17, 15) is 19.4 Å². The molecule has 2 fully saturated rings. The summed E-state index contributed by atoms with van der Waals surface area (Å²) in [7, 11) is -2.35. The molecule has 2 aliphatic rings. The molecule has 0 spiro atoms. The molecular formula is C31H41N7O5S. The number of nitriles is 1. The lowest BCUT2D eigenvalue weighted by Gasteiger charge is -2.34. The van der Waals surface area contributed by atoms with Crippen molar-refractivity contribution in [1.29, 1.82) is 5.26 Å². The van der Waals surface area contributed by atoms with Crippen molar-refractivity contribution in [2.75, 3.05) is 49.2 Å². The van der Waals surface area contributed by atoms with E-state index in [0.717, 1.165) is 16.9 Å². The van der Waals surface area contributed by atoms with Gasteiger partial charge < -0.3 is 24.4 Å². The Bertz CT molecular complexity index is 1650. The van der Waals surface area contributed by atoms with Gasteiger partial charge in [0, 0.05) is 55.0 Å². The molecule has 0 unspecified atom stereocenters. The Morgan fingerprint density at radius 2 is 1.84 bits per heavy atom. The molecule has 1 amide bonds. The number of hydrogen-bond donors (Lipinski definition) is 1. The molecule has 0 aromatic carbocycles. The van der Waals surface area contributed by atoms with E-state index >= 15 is 0 Å². The molecule has 3 aromatic heterocycles. The van der Waals surface area contributed by atoms with Gasteiger partial charge in [-0.25, -0.2) is 22.9 Å². The molecule has 0 aliphatic carbocycles. The lowest BCUT2D eigenvalue weighted by Crippen LogP contribution is -2.44. The SMILES string of the molecule is CC(C)(O)COc1cc(-c2ccc(N3CCS(=O)(=NC4CCN(C(=O)OC(C)(C)C)CC4)CC3)nc2)c2c(C#N)cnn2c1. The van der Waals surface area contributed by atoms with Crippen molar-refractivity contribution >= 4 is 27.2 Å². The van der Waals surface area contributed by atoms with Gasteiger partial charge in [0.25, 0.3) is 0 Å². The number of amides is 1. The van der Waals surface area contributed by atoms with Crippen LogP contribution in [0.5, 0.6) is 5.75 Å². The van der Waals surface area contributed by atoms with Gasteiger partial charge in [-0.05, 0) is 65.7 Å². The van der Waals surface area contributed by atoms with Crippen molar-refractivity contribution in [3.8, 4) is 22.9 Å². The average molecular weight is 624 g/mol. The predicted octanol–water partition coefficient (Wildman–Crippen LogP) is 4.11. The first-order chi connectivity index (χ1) is 20.7. The zero-order valence-electron chi connectivity index (χ0n) is 26.0. The van der Waals surface area contributed by atoms with E-state index in [-0.39, 0.29) is 18.7 Å². The number of anilines is 1. The fraction of sp³-hybridized carbons (Fsp3) is 0.548. The van der Waals surface area contributed by atoms with Gasteiger partial charge in [-0.2, -0.15) is 10.4 Å². The summed E-state index contributed by atoms with van der Waals surface area (Å²) in [6, 6.07) is 7.88. The van der Waals surface area contributed by atoms with Gasteiger partial charge in [0.15, 0.2) is 0 Å². The van der Waals surface area contributed by atoms with Crippen molar-refractivity contribution in [2.45, 2.75) is 64.7 Å². The molecule has 0 bridgehead atoms. The Labute approximate surface area is 258 Å². The highest BCUT2D eigenvalue weighted by molar-refractivity contribution is 7.93. The summed E-state index contributed by atoms with van der Waals surface area (Å²) < 4.78 is 31.3. The summed E-state index contributed by atoms with van der Waals surface area (Å²) in [6.45, 7) is 11.3. The van der Waals surface area contributed by atoms with Crippen LogP contribution in [0.4, 0.5) is 10.6 Å². The van der Waals surface area contributed by atoms with Crippen LogP contribution in [0.2, 0.25) is 0 Å². The van der Waals surface area contributed by atoms with Crippen LogP contribution >= 0.6 is 0 Å². The number of fused-ring (bicyclic) bond motifs is 1. The van der Waals surface area contributed by atoms with Crippen LogP contribution in [0, 0.1) is 11.3 Å². The van der Waals surface area contributed by atoms with Crippen LogP contribution in [0.3, 0.4) is 0 Å². The molecule has 5 heterocycles. The number of carbonyl (C=O) groups excluding carboxylic acids is 1. The average Bonchev–Trinajstić information content (AvgIpc) is 3.38. The summed E-state index contributed by atoms with van der Waals surface area (Å²) in [4.78, 5) is 20.9. The maximum atomic E-state index is 13.6. The summed E-state index contributed by atoms with van der Waals surface area (Å²) in [6.07, 6.45) is 6.02. The monoisotopic (exact) mass is 623 g/mol. The summed E-state index contributed by atoms with van der Waals surface area (Å²) in [5.41, 5.74) is 1.07. The second kappa shape index (κ2) is 12.2. The number of ether oxygens (including phenoxy) is 2. The summed E-state index contributed by atoms with van der Waals surface area (Å²) in [5, 5.41) is 24.1. The molecule has 236 valence electrons. The zero-order valence-corrected chi connectivity index (χ0v) is 26.8. The molecule has 12 nitrogen and oxygen atoms in total. The van der Waals surface area contributed by atoms with Gasteiger partial charge in [-0.1, -0.05) is 0 Å². The number of carbonyl (C=O) groups is 1. The van der Waals surface area contributed by atoms with Crippen molar-refractivity contribution in [2.24, 2.45) is 4.36 Å². The highest BCUT2D eigenvalue weighted by atomic mass is 32.2. The Hall–Kier alpha value is -3.89. The van der Waals surface area contributed by atoms with Gasteiger partial charge in [0.2, 0.25) is 0 Å². The van der Waals surface area contributed by atoms with Crippen molar-refractivity contribution in [1.82, 2.24) is 19.5 Å². The fourth-order valence-electron chi connectivity index (χ4n) is 5.28. The number of nitrogens with zero attached hydrogens (tertiary/aromatic N) is 7. The molecule has 0 saturated carbocycles. The molecular weight excluding hydrogens is 582 g/mol. The van der Waals surface area contributed by atoms with Crippen LogP contribution in [-0.4, -0.2) is 96.4 Å². The molecule has 2 aliphatic heterocycles. The van der Waals surface area contributed by atoms with E-state index in [1.807, 2.05) is 39.0 Å². The third-order valence-electron chi connectivity index (χ3n) is 7.50. The first kappa shape index (κ1) is 31.5. The Morgan fingerprint density at radius 3 is 2.43 bits per heavy atom. The lowest BCUT2D eigenvalue weighted by molar-refractivity contribution is 0.0207. The highest BCUT2D eigenvalue weighted by Gasteiger charge is 2.29. The quantitative estimate of drug-likeness (QED) is 0.429. The molecule has 5 rings (SSSR count). The van der Waals surface area contributed by atoms with Gasteiger partial charge in [0.1, 0.15) is 29.8 Å². The number of hydrogen-bond acceptors (Lipinski definition) is 10. The number of pyridine rings is 2. The predicted molar refractivity (Wildman–Crippen MR) is 168 cm³/mol. The molecule has 1 N–H and O–H groups in total. The van der Waals surface area contributed by atoms with Crippen molar-refractivity contribution in [3.05, 3.63) is 42.4 Å². The second-order valence-corrected chi connectivity index (χ2v) is 15.6.